The number of ether oxygens (including phenoxy) is 2. The maximum absolute atomic E-state index is 14.6. The molecule has 218 valence electrons. The first-order valence-electron chi connectivity index (χ1n) is 13.5. The highest BCUT2D eigenvalue weighted by Gasteiger charge is 2.28. The van der Waals surface area contributed by atoms with E-state index < -0.39 is 11.9 Å². The quantitative estimate of drug-likeness (QED) is 0.208. The minimum Gasteiger partial charge on any atom is -0.488 e. The molecule has 4 aromatic rings. The number of nitrogens with two attached hydrogens (primary N) is 2. The van der Waals surface area contributed by atoms with Crippen LogP contribution >= 0.6 is 11.6 Å². The van der Waals surface area contributed by atoms with E-state index in [1.54, 1.807) is 36.5 Å². The Morgan fingerprint density at radius 2 is 1.93 bits per heavy atom. The van der Waals surface area contributed by atoms with Crippen LogP contribution in [-0.2, 0) is 24.4 Å². The van der Waals surface area contributed by atoms with Crippen molar-refractivity contribution in [1.29, 1.82) is 5.26 Å². The summed E-state index contributed by atoms with van der Waals surface area (Å²) >= 11 is 6.71. The van der Waals surface area contributed by atoms with Crippen LogP contribution in [0.3, 0.4) is 0 Å². The van der Waals surface area contributed by atoms with Crippen LogP contribution in [0.25, 0.3) is 11.1 Å². The molecule has 0 saturated carbocycles. The molecule has 43 heavy (non-hydrogen) atoms. The summed E-state index contributed by atoms with van der Waals surface area (Å²) in [5.41, 5.74) is 16.4. The van der Waals surface area contributed by atoms with E-state index in [2.05, 4.69) is 22.9 Å². The number of fused-ring (bicyclic) bond motifs is 1. The van der Waals surface area contributed by atoms with Gasteiger partial charge in [0.15, 0.2) is 0 Å². The van der Waals surface area contributed by atoms with Crippen molar-refractivity contribution in [2.75, 3.05) is 0 Å². The Bertz CT molecular complexity index is 1720. The molecule has 1 amide bonds. The molecule has 2 atom stereocenters. The second-order valence-corrected chi connectivity index (χ2v) is 10.6. The van der Waals surface area contributed by atoms with Gasteiger partial charge < -0.3 is 20.9 Å². The number of halogens is 2. The number of rotatable bonds is 11. The molecule has 5 N–H and O–H groups in total. The fraction of sp³-hybridized carbons (Fsp3) is 0.182. The van der Waals surface area contributed by atoms with Crippen molar-refractivity contribution in [3.8, 4) is 28.7 Å². The van der Waals surface area contributed by atoms with Crippen molar-refractivity contribution < 1.29 is 18.7 Å². The Hall–Kier alpha value is -4.91. The van der Waals surface area contributed by atoms with Crippen molar-refractivity contribution in [2.24, 2.45) is 11.5 Å². The van der Waals surface area contributed by atoms with Gasteiger partial charge in [0.05, 0.1) is 10.6 Å². The molecule has 0 saturated heterocycles. The number of nitriles is 1. The maximum Gasteiger partial charge on any atom is 0.240 e. The van der Waals surface area contributed by atoms with Crippen molar-refractivity contribution in [2.45, 2.75) is 38.1 Å². The lowest BCUT2D eigenvalue weighted by Gasteiger charge is -2.21. The average Bonchev–Trinajstić information content (AvgIpc) is 3.40. The molecule has 0 spiro atoms. The molecule has 0 bridgehead atoms. The van der Waals surface area contributed by atoms with Gasteiger partial charge in [0.25, 0.3) is 0 Å². The Kier molecular flexibility index (Phi) is 8.90. The zero-order valence-corrected chi connectivity index (χ0v) is 23.9. The molecule has 1 unspecified atom stereocenters. The van der Waals surface area contributed by atoms with Gasteiger partial charge in [-0.1, -0.05) is 54.6 Å². The molecule has 0 aliphatic heterocycles. The molecule has 0 fully saturated rings. The van der Waals surface area contributed by atoms with Gasteiger partial charge >= 0.3 is 0 Å². The van der Waals surface area contributed by atoms with Crippen LogP contribution in [0.2, 0.25) is 5.02 Å². The third-order valence-electron chi connectivity index (χ3n) is 7.23. The largest absolute Gasteiger partial charge is 0.488 e. The maximum atomic E-state index is 14.6. The molecular weight excluding hydrogens is 569 g/mol. The van der Waals surface area contributed by atoms with E-state index in [1.807, 2.05) is 24.3 Å². The number of carbonyl (C=O) groups is 1. The average molecular weight is 598 g/mol. The van der Waals surface area contributed by atoms with E-state index in [0.29, 0.717) is 51.6 Å². The van der Waals surface area contributed by atoms with Crippen LogP contribution in [-0.4, -0.2) is 16.9 Å². The summed E-state index contributed by atoms with van der Waals surface area (Å²) < 4.78 is 27.2. The Morgan fingerprint density at radius 3 is 2.67 bits per heavy atom. The van der Waals surface area contributed by atoms with Gasteiger partial charge in [-0.2, -0.15) is 5.26 Å². The predicted octanol–water partition coefficient (Wildman–Crippen LogP) is 5.47. The molecule has 5 rings (SSSR count). The Balaban J connectivity index is 1.44. The highest BCUT2D eigenvalue weighted by molar-refractivity contribution is 6.32. The molecule has 1 aromatic heterocycles. The number of pyridine rings is 1. The smallest absolute Gasteiger partial charge is 0.240 e. The van der Waals surface area contributed by atoms with Gasteiger partial charge in [0, 0.05) is 47.4 Å². The zero-order chi connectivity index (χ0) is 30.5. The lowest BCUT2D eigenvalue weighted by molar-refractivity contribution is -0.119. The standard InChI is InChI=1S/C33H29ClFN5O3/c1-19(37)32(33(38)41)40-17-22-12-27(34)31(13-30(22)42-18-21-11-20(14-36)15-39-16-21)43-29-10-9-24-23(6-4-7-26(24)29)25-5-2-3-8-28(25)35/h2-8,11-13,15-16,29,32,40H,1,9-10,17-18,37H2,(H2,38,41)/t29-,32?/m0/s1. The zero-order valence-electron chi connectivity index (χ0n) is 23.1. The van der Waals surface area contributed by atoms with Crippen LogP contribution in [0.4, 0.5) is 4.39 Å². The second-order valence-electron chi connectivity index (χ2n) is 10.2. The van der Waals surface area contributed by atoms with Gasteiger partial charge in [0.1, 0.15) is 42.1 Å². The summed E-state index contributed by atoms with van der Waals surface area (Å²) in [5.74, 6) is -0.122. The van der Waals surface area contributed by atoms with Crippen LogP contribution < -0.4 is 26.3 Å². The normalized spacial score (nSPS) is 14.4. The van der Waals surface area contributed by atoms with Gasteiger partial charge in [0.2, 0.25) is 5.91 Å². The lowest BCUT2D eigenvalue weighted by Crippen LogP contribution is -2.44. The van der Waals surface area contributed by atoms with Crippen LogP contribution in [0, 0.1) is 17.1 Å². The van der Waals surface area contributed by atoms with Crippen molar-refractivity contribution in [1.82, 2.24) is 10.3 Å². The number of aromatic nitrogens is 1. The topological polar surface area (TPSA) is 136 Å². The molecule has 1 aliphatic rings. The number of amides is 1. The van der Waals surface area contributed by atoms with E-state index >= 15 is 0 Å². The van der Waals surface area contributed by atoms with Gasteiger partial charge in [-0.05, 0) is 47.7 Å². The second kappa shape index (κ2) is 12.9. The van der Waals surface area contributed by atoms with E-state index in [4.69, 9.17) is 32.5 Å². The first-order chi connectivity index (χ1) is 20.7. The molecule has 1 aliphatic carbocycles. The predicted molar refractivity (Wildman–Crippen MR) is 161 cm³/mol. The number of hydrogen-bond acceptors (Lipinski definition) is 7. The summed E-state index contributed by atoms with van der Waals surface area (Å²) in [6.07, 6.45) is 4.16. The van der Waals surface area contributed by atoms with Crippen molar-refractivity contribution in [3.05, 3.63) is 124 Å². The van der Waals surface area contributed by atoms with Crippen molar-refractivity contribution >= 4 is 17.5 Å². The number of nitrogens with one attached hydrogen (secondary N) is 1. The summed E-state index contributed by atoms with van der Waals surface area (Å²) in [4.78, 5) is 15.9. The Morgan fingerprint density at radius 1 is 1.14 bits per heavy atom. The van der Waals surface area contributed by atoms with E-state index in [1.165, 1.54) is 12.3 Å². The van der Waals surface area contributed by atoms with Gasteiger partial charge in [-0.3, -0.25) is 15.1 Å². The number of benzene rings is 3. The van der Waals surface area contributed by atoms with Crippen LogP contribution in [0.15, 0.2) is 85.3 Å². The molecule has 1 heterocycles. The fourth-order valence-corrected chi connectivity index (χ4v) is 5.41. The van der Waals surface area contributed by atoms with Crippen LogP contribution in [0.5, 0.6) is 11.5 Å². The molecule has 8 nitrogen and oxygen atoms in total. The third-order valence-corrected chi connectivity index (χ3v) is 7.53. The van der Waals surface area contributed by atoms with Crippen molar-refractivity contribution in [3.63, 3.8) is 0 Å². The van der Waals surface area contributed by atoms with E-state index in [-0.39, 0.29) is 30.8 Å². The number of primary amides is 1. The minimum absolute atomic E-state index is 0.0788. The summed E-state index contributed by atoms with van der Waals surface area (Å²) in [7, 11) is 0. The highest BCUT2D eigenvalue weighted by Crippen LogP contribution is 2.43. The van der Waals surface area contributed by atoms with Gasteiger partial charge in [-0.25, -0.2) is 4.39 Å². The van der Waals surface area contributed by atoms with Crippen LogP contribution in [0.1, 0.15) is 40.3 Å². The fourth-order valence-electron chi connectivity index (χ4n) is 5.18. The first-order valence-corrected chi connectivity index (χ1v) is 13.9. The Labute approximate surface area is 253 Å². The molecule has 0 radical (unpaired) electrons. The number of carbonyl (C=O) groups excluding carboxylic acids is 1. The summed E-state index contributed by atoms with van der Waals surface area (Å²) in [5, 5.41) is 12.5. The highest BCUT2D eigenvalue weighted by atomic mass is 35.5. The number of nitrogens with zero attached hydrogens (tertiary/aromatic N) is 2. The molecule has 10 heteroatoms. The molecular formula is C33H29ClFN5O3. The monoisotopic (exact) mass is 597 g/mol. The number of hydrogen-bond donors (Lipinski definition) is 3. The summed E-state index contributed by atoms with van der Waals surface area (Å²) in [6.45, 7) is 3.87. The van der Waals surface area contributed by atoms with Gasteiger partial charge in [-0.15, -0.1) is 0 Å². The minimum atomic E-state index is -0.960. The first kappa shape index (κ1) is 29.6. The van der Waals surface area contributed by atoms with E-state index in [9.17, 15) is 14.4 Å². The SMILES string of the molecule is C=C(N)C(NCc1cc(Cl)c(O[C@H]2CCc3c(-c4ccccc4F)cccc32)cc1OCc1cncc(C#N)c1)C(N)=O. The van der Waals surface area contributed by atoms with E-state index in [0.717, 1.165) is 16.7 Å². The molecule has 3 aromatic carbocycles. The lowest BCUT2D eigenvalue weighted by atomic mass is 9.96. The third kappa shape index (κ3) is 6.61. The summed E-state index contributed by atoms with van der Waals surface area (Å²) in [6, 6.07) is 18.7.